The molecular formula is C28H27F3N2O5. The van der Waals surface area contributed by atoms with Crippen LogP contribution < -0.4 is 10.2 Å². The fourth-order valence-corrected chi connectivity index (χ4v) is 4.93. The molecule has 2 aromatic carbocycles. The van der Waals surface area contributed by atoms with E-state index in [9.17, 15) is 32.3 Å². The molecular weight excluding hydrogens is 501 g/mol. The summed E-state index contributed by atoms with van der Waals surface area (Å²) >= 11 is 0. The summed E-state index contributed by atoms with van der Waals surface area (Å²) in [6.07, 6.45) is -5.58. The first-order valence-electron chi connectivity index (χ1n) is 12.1. The van der Waals surface area contributed by atoms with Crippen molar-refractivity contribution < 1.29 is 37.1 Å². The van der Waals surface area contributed by atoms with Crippen LogP contribution in [0.2, 0.25) is 0 Å². The van der Waals surface area contributed by atoms with Crippen molar-refractivity contribution in [1.29, 1.82) is 0 Å². The van der Waals surface area contributed by atoms with Crippen LogP contribution in [0.5, 0.6) is 0 Å². The number of esters is 1. The molecule has 10 heteroatoms. The summed E-state index contributed by atoms with van der Waals surface area (Å²) in [4.78, 5) is 53.1. The largest absolute Gasteiger partial charge is 0.462 e. The van der Waals surface area contributed by atoms with Gasteiger partial charge in [0.2, 0.25) is 5.54 Å². The number of benzene rings is 2. The Kier molecular flexibility index (Phi) is 6.71. The van der Waals surface area contributed by atoms with Gasteiger partial charge in [-0.1, -0.05) is 31.5 Å². The maximum Gasteiger partial charge on any atom is 0.425 e. The third-order valence-corrected chi connectivity index (χ3v) is 6.70. The molecule has 0 aromatic heterocycles. The average molecular weight is 529 g/mol. The zero-order chi connectivity index (χ0) is 28.0. The number of amides is 2. The van der Waals surface area contributed by atoms with E-state index >= 15 is 0 Å². The molecule has 4 rings (SSSR count). The fourth-order valence-electron chi connectivity index (χ4n) is 4.93. The second-order valence-corrected chi connectivity index (χ2v) is 10.2. The number of nitrogens with one attached hydrogen (secondary N) is 1. The number of anilines is 1. The van der Waals surface area contributed by atoms with Gasteiger partial charge in [0.05, 0.1) is 17.7 Å². The molecule has 200 valence electrons. The smallest absolute Gasteiger partial charge is 0.425 e. The number of carbonyl (C=O) groups is 4. The lowest BCUT2D eigenvalue weighted by Gasteiger charge is -2.35. The van der Waals surface area contributed by atoms with Crippen molar-refractivity contribution in [3.63, 3.8) is 0 Å². The van der Waals surface area contributed by atoms with Crippen molar-refractivity contribution in [2.75, 3.05) is 11.5 Å². The zero-order valence-electron chi connectivity index (χ0n) is 21.4. The Labute approximate surface area is 217 Å². The second-order valence-electron chi connectivity index (χ2n) is 10.2. The summed E-state index contributed by atoms with van der Waals surface area (Å²) in [5, 5.41) is 1.91. The van der Waals surface area contributed by atoms with Crippen LogP contribution >= 0.6 is 0 Å². The standard InChI is InChI=1S/C28H27F3N2O5/c1-5-38-24(36)18-10-12-19(13-11-18)33-20-14-26(3,4)15-21(34)22(20)27(25(33)37,28(29,30)31)32-23(35)17-8-6-16(2)7-9-17/h6-13H,5,14-15H2,1-4H3,(H,32,35)/t27-/m0/s1. The van der Waals surface area contributed by atoms with Crippen molar-refractivity contribution in [2.45, 2.75) is 52.3 Å². The quantitative estimate of drug-likeness (QED) is 0.558. The van der Waals surface area contributed by atoms with E-state index in [4.69, 9.17) is 4.74 Å². The van der Waals surface area contributed by atoms with Crippen LogP contribution in [0.1, 0.15) is 59.9 Å². The Balaban J connectivity index is 1.87. The molecule has 38 heavy (non-hydrogen) atoms. The lowest BCUT2D eigenvalue weighted by molar-refractivity contribution is -0.186. The predicted molar refractivity (Wildman–Crippen MR) is 132 cm³/mol. The number of hydrogen-bond acceptors (Lipinski definition) is 5. The molecule has 1 aliphatic carbocycles. The van der Waals surface area contributed by atoms with Gasteiger partial charge < -0.3 is 10.1 Å². The minimum absolute atomic E-state index is 0.0162. The summed E-state index contributed by atoms with van der Waals surface area (Å²) in [6, 6.07) is 11.1. The van der Waals surface area contributed by atoms with E-state index in [1.807, 2.05) is 5.32 Å². The molecule has 0 saturated heterocycles. The van der Waals surface area contributed by atoms with E-state index in [0.29, 0.717) is 0 Å². The van der Waals surface area contributed by atoms with Crippen molar-refractivity contribution >= 4 is 29.3 Å². The number of halogens is 3. The molecule has 1 atom stereocenters. The number of aryl methyl sites for hydroxylation is 1. The average Bonchev–Trinajstić information content (AvgIpc) is 3.07. The molecule has 2 aliphatic rings. The predicted octanol–water partition coefficient (Wildman–Crippen LogP) is 4.89. The number of carbonyl (C=O) groups excluding carboxylic acids is 4. The van der Waals surface area contributed by atoms with Crippen molar-refractivity contribution in [1.82, 2.24) is 5.32 Å². The number of ether oxygens (including phenoxy) is 1. The number of nitrogens with zero attached hydrogens (tertiary/aromatic N) is 1. The van der Waals surface area contributed by atoms with Crippen molar-refractivity contribution in [3.05, 3.63) is 76.5 Å². The maximum atomic E-state index is 15.0. The highest BCUT2D eigenvalue weighted by Crippen LogP contribution is 2.52. The molecule has 2 amide bonds. The van der Waals surface area contributed by atoms with Gasteiger partial charge in [-0.25, -0.2) is 4.79 Å². The first kappa shape index (κ1) is 27.1. The van der Waals surface area contributed by atoms with E-state index in [1.54, 1.807) is 39.8 Å². The number of ketones is 1. The first-order chi connectivity index (χ1) is 17.7. The fraction of sp³-hybridized carbons (Fsp3) is 0.357. The summed E-state index contributed by atoms with van der Waals surface area (Å²) in [6.45, 7) is 6.96. The monoisotopic (exact) mass is 528 g/mol. The minimum Gasteiger partial charge on any atom is -0.462 e. The van der Waals surface area contributed by atoms with E-state index < -0.39 is 46.3 Å². The lowest BCUT2D eigenvalue weighted by Crippen LogP contribution is -2.66. The highest BCUT2D eigenvalue weighted by atomic mass is 19.4. The van der Waals surface area contributed by atoms with Crippen LogP contribution in [0, 0.1) is 12.3 Å². The zero-order valence-corrected chi connectivity index (χ0v) is 21.4. The lowest BCUT2D eigenvalue weighted by atomic mass is 9.72. The van der Waals surface area contributed by atoms with Gasteiger partial charge >= 0.3 is 12.1 Å². The highest BCUT2D eigenvalue weighted by molar-refractivity contribution is 6.21. The van der Waals surface area contributed by atoms with Crippen LogP contribution in [0.25, 0.3) is 0 Å². The maximum absolute atomic E-state index is 15.0. The van der Waals surface area contributed by atoms with Gasteiger partial charge in [-0.15, -0.1) is 0 Å². The molecule has 0 fully saturated rings. The van der Waals surface area contributed by atoms with E-state index in [-0.39, 0.29) is 42.0 Å². The van der Waals surface area contributed by atoms with Gasteiger partial charge in [-0.2, -0.15) is 13.2 Å². The normalized spacial score (nSPS) is 20.9. The Morgan fingerprint density at radius 2 is 1.55 bits per heavy atom. The van der Waals surface area contributed by atoms with Crippen LogP contribution in [0.3, 0.4) is 0 Å². The summed E-state index contributed by atoms with van der Waals surface area (Å²) < 4.78 is 49.9. The molecule has 1 heterocycles. The van der Waals surface area contributed by atoms with Crippen LogP contribution in [0.4, 0.5) is 18.9 Å². The van der Waals surface area contributed by atoms with Gasteiger partial charge in [0.25, 0.3) is 11.8 Å². The second kappa shape index (κ2) is 9.41. The van der Waals surface area contributed by atoms with Crippen LogP contribution in [0.15, 0.2) is 59.8 Å². The molecule has 0 saturated carbocycles. The molecule has 1 N–H and O–H groups in total. The number of hydrogen-bond donors (Lipinski definition) is 1. The van der Waals surface area contributed by atoms with E-state index in [0.717, 1.165) is 10.5 Å². The topological polar surface area (TPSA) is 92.8 Å². The van der Waals surface area contributed by atoms with Crippen molar-refractivity contribution in [2.24, 2.45) is 5.41 Å². The molecule has 0 spiro atoms. The van der Waals surface area contributed by atoms with Gasteiger partial charge in [0.1, 0.15) is 0 Å². The minimum atomic E-state index is -5.33. The molecule has 2 aromatic rings. The van der Waals surface area contributed by atoms with Crippen LogP contribution in [-0.2, 0) is 14.3 Å². The highest BCUT2D eigenvalue weighted by Gasteiger charge is 2.72. The number of alkyl halides is 3. The summed E-state index contributed by atoms with van der Waals surface area (Å²) in [5.74, 6) is -4.14. The molecule has 0 radical (unpaired) electrons. The first-order valence-corrected chi connectivity index (χ1v) is 12.1. The molecule has 0 bridgehead atoms. The molecule has 7 nitrogen and oxygen atoms in total. The summed E-state index contributed by atoms with van der Waals surface area (Å²) in [5.41, 5.74) is -4.33. The van der Waals surface area contributed by atoms with Gasteiger partial charge in [-0.05, 0) is 62.1 Å². The Bertz CT molecular complexity index is 1340. The van der Waals surface area contributed by atoms with Gasteiger partial charge in [0, 0.05) is 23.4 Å². The number of rotatable bonds is 5. The number of allylic oxidation sites excluding steroid dienone is 1. The SMILES string of the molecule is CCOC(=O)c1ccc(N2C(=O)[C@](NC(=O)c3ccc(C)cc3)(C(F)(F)F)C3=C2CC(C)(C)CC3=O)cc1. The summed E-state index contributed by atoms with van der Waals surface area (Å²) in [7, 11) is 0. The van der Waals surface area contributed by atoms with Crippen molar-refractivity contribution in [3.8, 4) is 0 Å². The third-order valence-electron chi connectivity index (χ3n) is 6.70. The van der Waals surface area contributed by atoms with Gasteiger partial charge in [-0.3, -0.25) is 19.3 Å². The number of Topliss-reactive ketones (excluding diaryl/α,β-unsaturated/α-hetero) is 1. The Morgan fingerprint density at radius 3 is 2.11 bits per heavy atom. The van der Waals surface area contributed by atoms with Crippen LogP contribution in [-0.4, -0.2) is 41.9 Å². The molecule has 0 unspecified atom stereocenters. The molecule has 1 aliphatic heterocycles. The van der Waals surface area contributed by atoms with Gasteiger partial charge in [0.15, 0.2) is 5.78 Å². The van der Waals surface area contributed by atoms with E-state index in [1.165, 1.54) is 36.4 Å². The third kappa shape index (κ3) is 4.48. The Morgan fingerprint density at radius 1 is 0.974 bits per heavy atom. The Hall–Kier alpha value is -3.95. The van der Waals surface area contributed by atoms with E-state index in [2.05, 4.69) is 0 Å².